The molecular weight excluding hydrogens is 232 g/mol. The first kappa shape index (κ1) is 12.9. The predicted molar refractivity (Wildman–Crippen MR) is 68.1 cm³/mol. The lowest BCUT2D eigenvalue weighted by molar-refractivity contribution is 0.0711. The van der Waals surface area contributed by atoms with Crippen LogP contribution in [0.2, 0.25) is 0 Å². The number of carbonyl (C=O) groups is 1. The molecule has 0 aliphatic heterocycles. The molecule has 0 unspecified atom stereocenters. The molecule has 1 saturated carbocycles. The highest BCUT2D eigenvalue weighted by atomic mass is 16.3. The molecule has 1 aromatic rings. The van der Waals surface area contributed by atoms with Crippen LogP contribution in [0.1, 0.15) is 41.9 Å². The SMILES string of the molecule is Cc1nn(C)c(C(=O)N[C@H]2CCCC[C@@H]2O)c1N. The van der Waals surface area contributed by atoms with Crippen LogP contribution in [-0.4, -0.2) is 32.9 Å². The van der Waals surface area contributed by atoms with Gasteiger partial charge in [0.15, 0.2) is 0 Å². The number of aromatic nitrogens is 2. The van der Waals surface area contributed by atoms with Crippen LogP contribution in [0.4, 0.5) is 5.69 Å². The molecule has 1 aliphatic carbocycles. The molecule has 6 heteroatoms. The first-order valence-corrected chi connectivity index (χ1v) is 6.28. The third kappa shape index (κ3) is 2.33. The molecule has 0 saturated heterocycles. The second-order valence-electron chi connectivity index (χ2n) is 4.90. The van der Waals surface area contributed by atoms with Crippen molar-refractivity contribution in [2.24, 2.45) is 7.05 Å². The fraction of sp³-hybridized carbons (Fsp3) is 0.667. The summed E-state index contributed by atoms with van der Waals surface area (Å²) < 4.78 is 1.48. The molecule has 1 aromatic heterocycles. The number of aliphatic hydroxyl groups is 1. The average molecular weight is 252 g/mol. The topological polar surface area (TPSA) is 93.2 Å². The molecule has 100 valence electrons. The Morgan fingerprint density at radius 3 is 2.72 bits per heavy atom. The Kier molecular flexibility index (Phi) is 3.56. The Morgan fingerprint density at radius 1 is 1.50 bits per heavy atom. The van der Waals surface area contributed by atoms with Crippen LogP contribution in [0.3, 0.4) is 0 Å². The van der Waals surface area contributed by atoms with E-state index in [9.17, 15) is 9.90 Å². The lowest BCUT2D eigenvalue weighted by Crippen LogP contribution is -2.45. The van der Waals surface area contributed by atoms with Crippen molar-refractivity contribution in [1.82, 2.24) is 15.1 Å². The van der Waals surface area contributed by atoms with Gasteiger partial charge in [0.1, 0.15) is 5.69 Å². The zero-order valence-corrected chi connectivity index (χ0v) is 10.8. The summed E-state index contributed by atoms with van der Waals surface area (Å²) in [7, 11) is 1.69. The second kappa shape index (κ2) is 4.97. The summed E-state index contributed by atoms with van der Waals surface area (Å²) in [5.41, 5.74) is 7.25. The van der Waals surface area contributed by atoms with E-state index in [0.717, 1.165) is 25.7 Å². The van der Waals surface area contributed by atoms with Gasteiger partial charge in [-0.3, -0.25) is 9.48 Å². The molecule has 2 rings (SSSR count). The van der Waals surface area contributed by atoms with Gasteiger partial charge in [-0.05, 0) is 19.8 Å². The Bertz CT molecular complexity index is 455. The third-order valence-corrected chi connectivity index (χ3v) is 3.53. The Morgan fingerprint density at radius 2 is 2.17 bits per heavy atom. The summed E-state index contributed by atoms with van der Waals surface area (Å²) in [6.45, 7) is 1.77. The normalized spacial score (nSPS) is 23.9. The molecule has 0 spiro atoms. The van der Waals surface area contributed by atoms with Gasteiger partial charge in [-0.1, -0.05) is 12.8 Å². The monoisotopic (exact) mass is 252 g/mol. The van der Waals surface area contributed by atoms with Crippen LogP contribution in [0, 0.1) is 6.92 Å². The average Bonchev–Trinajstić information content (AvgIpc) is 2.56. The first-order chi connectivity index (χ1) is 8.50. The zero-order chi connectivity index (χ0) is 13.3. The second-order valence-corrected chi connectivity index (χ2v) is 4.90. The van der Waals surface area contributed by atoms with Crippen LogP contribution in [0.5, 0.6) is 0 Å². The van der Waals surface area contributed by atoms with Crippen molar-refractivity contribution in [1.29, 1.82) is 0 Å². The maximum absolute atomic E-state index is 12.2. The molecule has 0 bridgehead atoms. The number of nitrogens with zero attached hydrogens (tertiary/aromatic N) is 2. The highest BCUT2D eigenvalue weighted by molar-refractivity contribution is 5.98. The number of nitrogens with one attached hydrogen (secondary N) is 1. The van der Waals surface area contributed by atoms with E-state index >= 15 is 0 Å². The summed E-state index contributed by atoms with van der Waals surface area (Å²) >= 11 is 0. The molecular formula is C12H20N4O2. The molecule has 0 aromatic carbocycles. The number of hydrogen-bond acceptors (Lipinski definition) is 4. The summed E-state index contributed by atoms with van der Waals surface area (Å²) in [4.78, 5) is 12.2. The standard InChI is InChI=1S/C12H20N4O2/c1-7-10(13)11(16(2)15-7)12(18)14-8-5-3-4-6-9(8)17/h8-9,17H,3-6,13H2,1-2H3,(H,14,18)/t8-,9-/m0/s1. The minimum atomic E-state index is -0.460. The van der Waals surface area contributed by atoms with Gasteiger partial charge in [-0.25, -0.2) is 0 Å². The molecule has 1 aliphatic rings. The van der Waals surface area contributed by atoms with Gasteiger partial charge >= 0.3 is 0 Å². The number of rotatable bonds is 2. The third-order valence-electron chi connectivity index (χ3n) is 3.53. The van der Waals surface area contributed by atoms with Gasteiger partial charge < -0.3 is 16.2 Å². The van der Waals surface area contributed by atoms with Crippen LogP contribution in [0.25, 0.3) is 0 Å². The highest BCUT2D eigenvalue weighted by Crippen LogP contribution is 2.20. The van der Waals surface area contributed by atoms with Crippen molar-refractivity contribution >= 4 is 11.6 Å². The molecule has 1 heterocycles. The van der Waals surface area contributed by atoms with Gasteiger partial charge in [0.2, 0.25) is 0 Å². The number of aliphatic hydroxyl groups excluding tert-OH is 1. The van der Waals surface area contributed by atoms with Crippen LogP contribution >= 0.6 is 0 Å². The van der Waals surface area contributed by atoms with E-state index < -0.39 is 6.10 Å². The number of amides is 1. The van der Waals surface area contributed by atoms with Crippen molar-refractivity contribution < 1.29 is 9.90 Å². The van der Waals surface area contributed by atoms with Gasteiger partial charge in [0.05, 0.1) is 23.5 Å². The van der Waals surface area contributed by atoms with Gasteiger partial charge in [0, 0.05) is 7.05 Å². The summed E-state index contributed by atoms with van der Waals surface area (Å²) in [5, 5.41) is 16.8. The number of carbonyl (C=O) groups excluding carboxylic acids is 1. The van der Waals surface area contributed by atoms with E-state index in [0.29, 0.717) is 17.1 Å². The van der Waals surface area contributed by atoms with Crippen LogP contribution in [0.15, 0.2) is 0 Å². The Labute approximate surface area is 106 Å². The number of hydrogen-bond donors (Lipinski definition) is 3. The van der Waals surface area contributed by atoms with E-state index in [2.05, 4.69) is 10.4 Å². The number of aryl methyl sites for hydroxylation is 2. The minimum absolute atomic E-state index is 0.180. The lowest BCUT2D eigenvalue weighted by Gasteiger charge is -2.28. The smallest absolute Gasteiger partial charge is 0.272 e. The fourth-order valence-corrected chi connectivity index (χ4v) is 2.46. The fourth-order valence-electron chi connectivity index (χ4n) is 2.46. The van der Waals surface area contributed by atoms with Crippen molar-refractivity contribution in [2.75, 3.05) is 5.73 Å². The molecule has 6 nitrogen and oxygen atoms in total. The maximum Gasteiger partial charge on any atom is 0.272 e. The summed E-state index contributed by atoms with van der Waals surface area (Å²) in [5.74, 6) is -0.262. The summed E-state index contributed by atoms with van der Waals surface area (Å²) in [6, 6.07) is -0.180. The largest absolute Gasteiger partial charge is 0.395 e. The molecule has 1 fully saturated rings. The van der Waals surface area contributed by atoms with Crippen molar-refractivity contribution in [3.8, 4) is 0 Å². The van der Waals surface area contributed by atoms with E-state index in [-0.39, 0.29) is 11.9 Å². The Balaban J connectivity index is 2.12. The van der Waals surface area contributed by atoms with Crippen molar-refractivity contribution in [3.63, 3.8) is 0 Å². The first-order valence-electron chi connectivity index (χ1n) is 6.28. The van der Waals surface area contributed by atoms with Crippen molar-refractivity contribution in [3.05, 3.63) is 11.4 Å². The number of nitrogen functional groups attached to an aromatic ring is 1. The molecule has 2 atom stereocenters. The van der Waals surface area contributed by atoms with Gasteiger partial charge in [-0.2, -0.15) is 5.10 Å². The maximum atomic E-state index is 12.2. The van der Waals surface area contributed by atoms with E-state index in [1.54, 1.807) is 14.0 Å². The van der Waals surface area contributed by atoms with Gasteiger partial charge in [0.25, 0.3) is 5.91 Å². The minimum Gasteiger partial charge on any atom is -0.395 e. The zero-order valence-electron chi connectivity index (χ0n) is 10.8. The van der Waals surface area contributed by atoms with E-state index in [1.165, 1.54) is 4.68 Å². The van der Waals surface area contributed by atoms with Crippen molar-refractivity contribution in [2.45, 2.75) is 44.8 Å². The lowest BCUT2D eigenvalue weighted by atomic mass is 9.92. The number of nitrogens with two attached hydrogens (primary N) is 1. The highest BCUT2D eigenvalue weighted by Gasteiger charge is 2.27. The molecule has 0 radical (unpaired) electrons. The van der Waals surface area contributed by atoms with Crippen LogP contribution in [-0.2, 0) is 7.05 Å². The quantitative estimate of drug-likeness (QED) is 0.707. The van der Waals surface area contributed by atoms with E-state index in [4.69, 9.17) is 5.73 Å². The number of anilines is 1. The molecule has 1 amide bonds. The van der Waals surface area contributed by atoms with Gasteiger partial charge in [-0.15, -0.1) is 0 Å². The van der Waals surface area contributed by atoms with Crippen LogP contribution < -0.4 is 11.1 Å². The Hall–Kier alpha value is -1.56. The molecule has 18 heavy (non-hydrogen) atoms. The predicted octanol–water partition coefficient (Wildman–Crippen LogP) is 0.344. The molecule has 4 N–H and O–H groups in total. The van der Waals surface area contributed by atoms with E-state index in [1.807, 2.05) is 0 Å². The summed E-state index contributed by atoms with van der Waals surface area (Å²) in [6.07, 6.45) is 3.13.